The quantitative estimate of drug-likeness (QED) is 0.749. The Kier molecular flexibility index (Phi) is 2.87. The average molecular weight is 203 g/mol. The highest BCUT2D eigenvalue weighted by Crippen LogP contribution is 2.31. The van der Waals surface area contributed by atoms with Gasteiger partial charge in [-0.2, -0.15) is 0 Å². The summed E-state index contributed by atoms with van der Waals surface area (Å²) < 4.78 is 0. The van der Waals surface area contributed by atoms with E-state index >= 15 is 0 Å². The van der Waals surface area contributed by atoms with Crippen LogP contribution in [0, 0.1) is 0 Å². The molecule has 1 aliphatic carbocycles. The van der Waals surface area contributed by atoms with Gasteiger partial charge in [0, 0.05) is 5.56 Å². The van der Waals surface area contributed by atoms with Gasteiger partial charge in [0.25, 0.3) is 0 Å². The number of Topliss-reactive ketones (excluding diaryl/α,β-unsaturated/α-hetero) is 1. The maximum Gasteiger partial charge on any atom is 0.176 e. The molecule has 2 nitrogen and oxygen atoms in total. The number of fused-ring (bicyclic) bond motifs is 1. The molecule has 2 rings (SSSR count). The fourth-order valence-corrected chi connectivity index (χ4v) is 2.33. The van der Waals surface area contributed by atoms with E-state index in [1.165, 1.54) is 24.0 Å². The highest BCUT2D eigenvalue weighted by molar-refractivity contribution is 5.97. The molecule has 1 atom stereocenters. The molecule has 0 radical (unpaired) electrons. The SMILES string of the molecule is C[C@H]1CCCc2ccc(C(=O)CN)cc21. The minimum atomic E-state index is 0.0376. The van der Waals surface area contributed by atoms with Crippen LogP contribution in [-0.4, -0.2) is 12.3 Å². The van der Waals surface area contributed by atoms with Gasteiger partial charge < -0.3 is 5.73 Å². The number of benzene rings is 1. The molecule has 0 amide bonds. The zero-order chi connectivity index (χ0) is 10.8. The molecule has 0 bridgehead atoms. The van der Waals surface area contributed by atoms with Crippen LogP contribution in [0.4, 0.5) is 0 Å². The van der Waals surface area contributed by atoms with Crippen LogP contribution in [0.15, 0.2) is 18.2 Å². The second-order valence-corrected chi connectivity index (χ2v) is 4.33. The lowest BCUT2D eigenvalue weighted by molar-refractivity contribution is 0.100. The molecular formula is C13H17NO. The van der Waals surface area contributed by atoms with E-state index in [9.17, 15) is 4.79 Å². The molecule has 0 aliphatic heterocycles. The number of hydrogen-bond donors (Lipinski definition) is 1. The molecule has 1 aromatic carbocycles. The second-order valence-electron chi connectivity index (χ2n) is 4.33. The van der Waals surface area contributed by atoms with E-state index in [2.05, 4.69) is 13.0 Å². The Morgan fingerprint density at radius 1 is 1.53 bits per heavy atom. The standard InChI is InChI=1S/C13H17NO/c1-9-3-2-4-10-5-6-11(7-12(9)10)13(15)8-14/h5-7,9H,2-4,8,14H2,1H3/t9-/m0/s1. The minimum absolute atomic E-state index is 0.0376. The smallest absolute Gasteiger partial charge is 0.176 e. The van der Waals surface area contributed by atoms with Crippen molar-refractivity contribution < 1.29 is 4.79 Å². The topological polar surface area (TPSA) is 43.1 Å². The molecule has 80 valence electrons. The fourth-order valence-electron chi connectivity index (χ4n) is 2.33. The van der Waals surface area contributed by atoms with Crippen molar-refractivity contribution in [3.63, 3.8) is 0 Å². The van der Waals surface area contributed by atoms with Gasteiger partial charge in [-0.3, -0.25) is 4.79 Å². The lowest BCUT2D eigenvalue weighted by atomic mass is 9.83. The van der Waals surface area contributed by atoms with Crippen LogP contribution in [0.2, 0.25) is 0 Å². The zero-order valence-corrected chi connectivity index (χ0v) is 9.12. The van der Waals surface area contributed by atoms with E-state index in [1.54, 1.807) is 0 Å². The Morgan fingerprint density at radius 3 is 3.07 bits per heavy atom. The predicted octanol–water partition coefficient (Wildman–Crippen LogP) is 2.27. The Hall–Kier alpha value is -1.15. The third-order valence-electron chi connectivity index (χ3n) is 3.27. The Morgan fingerprint density at radius 2 is 2.33 bits per heavy atom. The van der Waals surface area contributed by atoms with Gasteiger partial charge in [-0.25, -0.2) is 0 Å². The fraction of sp³-hybridized carbons (Fsp3) is 0.462. The largest absolute Gasteiger partial charge is 0.324 e. The Labute approximate surface area is 90.5 Å². The number of carbonyl (C=O) groups excluding carboxylic acids is 1. The highest BCUT2D eigenvalue weighted by Gasteiger charge is 2.17. The molecule has 0 saturated carbocycles. The molecule has 2 heteroatoms. The van der Waals surface area contributed by atoms with Crippen LogP contribution in [0.3, 0.4) is 0 Å². The van der Waals surface area contributed by atoms with Crippen LogP contribution >= 0.6 is 0 Å². The van der Waals surface area contributed by atoms with Crippen LogP contribution in [0.1, 0.15) is 47.2 Å². The van der Waals surface area contributed by atoms with Crippen LogP contribution in [0.5, 0.6) is 0 Å². The molecule has 1 aliphatic rings. The summed E-state index contributed by atoms with van der Waals surface area (Å²) in [5.41, 5.74) is 8.89. The Balaban J connectivity index is 2.39. The van der Waals surface area contributed by atoms with Gasteiger partial charge in [-0.1, -0.05) is 19.1 Å². The molecule has 0 unspecified atom stereocenters. The highest BCUT2D eigenvalue weighted by atomic mass is 16.1. The number of hydrogen-bond acceptors (Lipinski definition) is 2. The Bertz CT molecular complexity index is 384. The van der Waals surface area contributed by atoms with Crippen molar-refractivity contribution in [2.24, 2.45) is 5.73 Å². The molecule has 0 spiro atoms. The van der Waals surface area contributed by atoms with Crippen molar-refractivity contribution in [2.75, 3.05) is 6.54 Å². The lowest BCUT2D eigenvalue weighted by Gasteiger charge is -2.22. The van der Waals surface area contributed by atoms with Crippen molar-refractivity contribution in [3.05, 3.63) is 34.9 Å². The van der Waals surface area contributed by atoms with Crippen LogP contribution < -0.4 is 5.73 Å². The first-order valence-electron chi connectivity index (χ1n) is 5.58. The maximum absolute atomic E-state index is 11.5. The molecule has 0 fully saturated rings. The van der Waals surface area contributed by atoms with Gasteiger partial charge in [0.2, 0.25) is 0 Å². The molecular weight excluding hydrogens is 186 g/mol. The summed E-state index contributed by atoms with van der Waals surface area (Å²) in [5, 5.41) is 0. The molecule has 0 heterocycles. The van der Waals surface area contributed by atoms with E-state index in [1.807, 2.05) is 12.1 Å². The van der Waals surface area contributed by atoms with Crippen molar-refractivity contribution in [3.8, 4) is 0 Å². The van der Waals surface area contributed by atoms with Crippen LogP contribution in [0.25, 0.3) is 0 Å². The van der Waals surface area contributed by atoms with Gasteiger partial charge in [0.1, 0.15) is 0 Å². The summed E-state index contributed by atoms with van der Waals surface area (Å²) >= 11 is 0. The first kappa shape index (κ1) is 10.4. The summed E-state index contributed by atoms with van der Waals surface area (Å²) in [6.45, 7) is 2.34. The van der Waals surface area contributed by atoms with Gasteiger partial charge in [0.05, 0.1) is 6.54 Å². The zero-order valence-electron chi connectivity index (χ0n) is 9.12. The van der Waals surface area contributed by atoms with Crippen molar-refractivity contribution >= 4 is 5.78 Å². The first-order chi connectivity index (χ1) is 7.22. The van der Waals surface area contributed by atoms with Crippen LogP contribution in [-0.2, 0) is 6.42 Å². The molecule has 15 heavy (non-hydrogen) atoms. The molecule has 1 aromatic rings. The maximum atomic E-state index is 11.5. The third-order valence-corrected chi connectivity index (χ3v) is 3.27. The van der Waals surface area contributed by atoms with Gasteiger partial charge in [-0.05, 0) is 42.4 Å². The summed E-state index contributed by atoms with van der Waals surface area (Å²) in [7, 11) is 0. The van der Waals surface area contributed by atoms with E-state index in [4.69, 9.17) is 5.73 Å². The number of aryl methyl sites for hydroxylation is 1. The predicted molar refractivity (Wildman–Crippen MR) is 61.2 cm³/mol. The molecule has 0 aromatic heterocycles. The van der Waals surface area contributed by atoms with E-state index in [0.717, 1.165) is 12.0 Å². The number of ketones is 1. The second kappa shape index (κ2) is 4.15. The van der Waals surface area contributed by atoms with Gasteiger partial charge in [0.15, 0.2) is 5.78 Å². The number of nitrogens with two attached hydrogens (primary N) is 1. The van der Waals surface area contributed by atoms with Crippen molar-refractivity contribution in [1.29, 1.82) is 0 Å². The number of carbonyl (C=O) groups is 1. The molecule has 2 N–H and O–H groups in total. The van der Waals surface area contributed by atoms with Crippen molar-refractivity contribution in [1.82, 2.24) is 0 Å². The normalized spacial score (nSPS) is 19.7. The average Bonchev–Trinajstić information content (AvgIpc) is 2.28. The van der Waals surface area contributed by atoms with Gasteiger partial charge in [-0.15, -0.1) is 0 Å². The third kappa shape index (κ3) is 1.95. The van der Waals surface area contributed by atoms with Crippen molar-refractivity contribution in [2.45, 2.75) is 32.1 Å². The summed E-state index contributed by atoms with van der Waals surface area (Å²) in [6, 6.07) is 6.04. The summed E-state index contributed by atoms with van der Waals surface area (Å²) in [5.74, 6) is 0.620. The summed E-state index contributed by atoms with van der Waals surface area (Å²) in [4.78, 5) is 11.5. The molecule has 0 saturated heterocycles. The minimum Gasteiger partial charge on any atom is -0.324 e. The van der Waals surface area contributed by atoms with Gasteiger partial charge >= 0.3 is 0 Å². The number of rotatable bonds is 2. The van der Waals surface area contributed by atoms with E-state index < -0.39 is 0 Å². The van der Waals surface area contributed by atoms with E-state index in [0.29, 0.717) is 5.92 Å². The summed E-state index contributed by atoms with van der Waals surface area (Å²) in [6.07, 6.45) is 3.64. The van der Waals surface area contributed by atoms with E-state index in [-0.39, 0.29) is 12.3 Å². The monoisotopic (exact) mass is 203 g/mol. The first-order valence-corrected chi connectivity index (χ1v) is 5.58. The lowest BCUT2D eigenvalue weighted by Crippen LogP contribution is -2.15.